The third-order valence-electron chi connectivity index (χ3n) is 3.46. The monoisotopic (exact) mass is 259 g/mol. The summed E-state index contributed by atoms with van der Waals surface area (Å²) in [6.45, 7) is 4.58. The van der Waals surface area contributed by atoms with Gasteiger partial charge < -0.3 is 15.0 Å². The highest BCUT2D eigenvalue weighted by molar-refractivity contribution is 5.44. The molecule has 0 saturated carbocycles. The fourth-order valence-electron chi connectivity index (χ4n) is 2.30. The zero-order valence-corrected chi connectivity index (χ0v) is 11.1. The SMILES string of the molecule is CC(C)c1nc(C2(N)CCOc3ccccc32)no1. The van der Waals surface area contributed by atoms with Crippen LogP contribution in [0.25, 0.3) is 0 Å². The number of ether oxygens (including phenoxy) is 1. The Morgan fingerprint density at radius 2 is 2.11 bits per heavy atom. The predicted molar refractivity (Wildman–Crippen MR) is 69.9 cm³/mol. The first-order valence-electron chi connectivity index (χ1n) is 6.46. The summed E-state index contributed by atoms with van der Waals surface area (Å²) in [5.74, 6) is 2.14. The Bertz CT molecular complexity index is 594. The Morgan fingerprint density at radius 3 is 2.84 bits per heavy atom. The highest BCUT2D eigenvalue weighted by atomic mass is 16.5. The quantitative estimate of drug-likeness (QED) is 0.894. The minimum absolute atomic E-state index is 0.194. The Balaban J connectivity index is 2.08. The normalized spacial score (nSPS) is 22.1. The molecule has 1 aromatic carbocycles. The van der Waals surface area contributed by atoms with Crippen molar-refractivity contribution in [2.24, 2.45) is 5.73 Å². The standard InChI is InChI=1S/C14H17N3O2/c1-9(2)12-16-13(17-19-12)14(15)7-8-18-11-6-4-3-5-10(11)14/h3-6,9H,7-8,15H2,1-2H3. The zero-order valence-electron chi connectivity index (χ0n) is 11.1. The molecule has 0 saturated heterocycles. The van der Waals surface area contributed by atoms with Gasteiger partial charge >= 0.3 is 0 Å². The van der Waals surface area contributed by atoms with E-state index in [0.717, 1.165) is 11.3 Å². The lowest BCUT2D eigenvalue weighted by molar-refractivity contribution is 0.229. The molecule has 2 N–H and O–H groups in total. The Labute approximate surface area is 111 Å². The molecule has 100 valence electrons. The van der Waals surface area contributed by atoms with E-state index in [1.165, 1.54) is 0 Å². The van der Waals surface area contributed by atoms with Crippen molar-refractivity contribution in [2.75, 3.05) is 6.61 Å². The van der Waals surface area contributed by atoms with Gasteiger partial charge in [0, 0.05) is 17.9 Å². The Kier molecular flexibility index (Phi) is 2.78. The summed E-state index contributed by atoms with van der Waals surface area (Å²) in [7, 11) is 0. The van der Waals surface area contributed by atoms with Crippen molar-refractivity contribution in [3.8, 4) is 5.75 Å². The molecule has 1 aliphatic rings. The molecule has 5 nitrogen and oxygen atoms in total. The van der Waals surface area contributed by atoms with Crippen molar-refractivity contribution in [1.82, 2.24) is 10.1 Å². The lowest BCUT2D eigenvalue weighted by Gasteiger charge is -2.32. The van der Waals surface area contributed by atoms with E-state index < -0.39 is 5.54 Å². The van der Waals surface area contributed by atoms with Gasteiger partial charge in [0.05, 0.1) is 6.61 Å². The van der Waals surface area contributed by atoms with Gasteiger partial charge in [-0.05, 0) is 6.07 Å². The molecule has 19 heavy (non-hydrogen) atoms. The average Bonchev–Trinajstić information content (AvgIpc) is 2.90. The van der Waals surface area contributed by atoms with Crippen molar-refractivity contribution in [3.63, 3.8) is 0 Å². The summed E-state index contributed by atoms with van der Waals surface area (Å²) in [6, 6.07) is 7.75. The van der Waals surface area contributed by atoms with E-state index in [1.807, 2.05) is 38.1 Å². The Morgan fingerprint density at radius 1 is 1.32 bits per heavy atom. The number of hydrogen-bond donors (Lipinski definition) is 1. The average molecular weight is 259 g/mol. The highest BCUT2D eigenvalue weighted by Crippen LogP contribution is 2.38. The van der Waals surface area contributed by atoms with Crippen molar-refractivity contribution in [3.05, 3.63) is 41.5 Å². The van der Waals surface area contributed by atoms with Crippen molar-refractivity contribution >= 4 is 0 Å². The fourth-order valence-corrected chi connectivity index (χ4v) is 2.30. The molecule has 1 atom stereocenters. The third-order valence-corrected chi connectivity index (χ3v) is 3.46. The van der Waals surface area contributed by atoms with E-state index in [4.69, 9.17) is 15.0 Å². The summed E-state index contributed by atoms with van der Waals surface area (Å²) >= 11 is 0. The minimum Gasteiger partial charge on any atom is -0.493 e. The molecule has 0 fully saturated rings. The number of aromatic nitrogens is 2. The number of benzene rings is 1. The number of fused-ring (bicyclic) bond motifs is 1. The first-order chi connectivity index (χ1) is 9.11. The first kappa shape index (κ1) is 12.2. The van der Waals surface area contributed by atoms with Crippen LogP contribution >= 0.6 is 0 Å². The smallest absolute Gasteiger partial charge is 0.229 e. The van der Waals surface area contributed by atoms with Crippen molar-refractivity contribution < 1.29 is 9.26 Å². The van der Waals surface area contributed by atoms with Crippen LogP contribution in [0.5, 0.6) is 5.75 Å². The molecule has 3 rings (SSSR count). The molecule has 1 unspecified atom stereocenters. The van der Waals surface area contributed by atoms with E-state index in [1.54, 1.807) is 0 Å². The van der Waals surface area contributed by atoms with Gasteiger partial charge in [-0.25, -0.2) is 0 Å². The van der Waals surface area contributed by atoms with Crippen LogP contribution in [0.3, 0.4) is 0 Å². The minimum atomic E-state index is -0.731. The highest BCUT2D eigenvalue weighted by Gasteiger charge is 2.39. The molecular weight excluding hydrogens is 242 g/mol. The molecule has 0 radical (unpaired) electrons. The van der Waals surface area contributed by atoms with Gasteiger partial charge in [-0.2, -0.15) is 4.98 Å². The van der Waals surface area contributed by atoms with Gasteiger partial charge in [0.1, 0.15) is 11.3 Å². The number of para-hydroxylation sites is 1. The van der Waals surface area contributed by atoms with Crippen LogP contribution in [0, 0.1) is 0 Å². The van der Waals surface area contributed by atoms with Crippen molar-refractivity contribution in [1.29, 1.82) is 0 Å². The lowest BCUT2D eigenvalue weighted by atomic mass is 9.85. The molecule has 0 spiro atoms. The number of nitrogens with two attached hydrogens (primary N) is 1. The van der Waals surface area contributed by atoms with Crippen LogP contribution in [-0.2, 0) is 5.54 Å². The summed E-state index contributed by atoms with van der Waals surface area (Å²) < 4.78 is 10.9. The summed E-state index contributed by atoms with van der Waals surface area (Å²) in [5.41, 5.74) is 6.72. The molecule has 1 aliphatic heterocycles. The second-order valence-electron chi connectivity index (χ2n) is 5.18. The van der Waals surface area contributed by atoms with Crippen LogP contribution in [0.15, 0.2) is 28.8 Å². The molecular formula is C14H17N3O2. The largest absolute Gasteiger partial charge is 0.493 e. The van der Waals surface area contributed by atoms with Crippen LogP contribution in [0.2, 0.25) is 0 Å². The van der Waals surface area contributed by atoms with Crippen LogP contribution in [0.4, 0.5) is 0 Å². The molecule has 0 amide bonds. The van der Waals surface area contributed by atoms with Gasteiger partial charge in [-0.15, -0.1) is 0 Å². The number of nitrogens with zero attached hydrogens (tertiary/aromatic N) is 2. The van der Waals surface area contributed by atoms with Crippen LogP contribution in [-0.4, -0.2) is 16.7 Å². The van der Waals surface area contributed by atoms with E-state index in [9.17, 15) is 0 Å². The van der Waals surface area contributed by atoms with Gasteiger partial charge in [0.2, 0.25) is 5.89 Å². The second-order valence-corrected chi connectivity index (χ2v) is 5.18. The van der Waals surface area contributed by atoms with Gasteiger partial charge in [-0.3, -0.25) is 0 Å². The molecule has 2 heterocycles. The number of rotatable bonds is 2. The molecule has 1 aromatic heterocycles. The lowest BCUT2D eigenvalue weighted by Crippen LogP contribution is -2.43. The third kappa shape index (κ3) is 1.90. The maximum atomic E-state index is 6.54. The molecule has 5 heteroatoms. The molecule has 2 aromatic rings. The summed E-state index contributed by atoms with van der Waals surface area (Å²) in [4.78, 5) is 4.45. The van der Waals surface area contributed by atoms with Crippen LogP contribution in [0.1, 0.15) is 43.5 Å². The molecule has 0 aliphatic carbocycles. The van der Waals surface area contributed by atoms with Gasteiger partial charge in [-0.1, -0.05) is 37.2 Å². The second kappa shape index (κ2) is 4.35. The fraction of sp³-hybridized carbons (Fsp3) is 0.429. The van der Waals surface area contributed by atoms with Crippen molar-refractivity contribution in [2.45, 2.75) is 31.7 Å². The maximum absolute atomic E-state index is 6.54. The predicted octanol–water partition coefficient (Wildman–Crippen LogP) is 2.18. The van der Waals surface area contributed by atoms with Crippen LogP contribution < -0.4 is 10.5 Å². The van der Waals surface area contributed by atoms with E-state index in [0.29, 0.717) is 24.7 Å². The first-order valence-corrected chi connectivity index (χ1v) is 6.46. The number of hydrogen-bond acceptors (Lipinski definition) is 5. The topological polar surface area (TPSA) is 74.2 Å². The zero-order chi connectivity index (χ0) is 13.5. The van der Waals surface area contributed by atoms with Gasteiger partial charge in [0.25, 0.3) is 0 Å². The Hall–Kier alpha value is -1.88. The van der Waals surface area contributed by atoms with E-state index >= 15 is 0 Å². The van der Waals surface area contributed by atoms with E-state index in [-0.39, 0.29) is 5.92 Å². The maximum Gasteiger partial charge on any atom is 0.229 e. The van der Waals surface area contributed by atoms with Gasteiger partial charge in [0.15, 0.2) is 5.82 Å². The van der Waals surface area contributed by atoms with E-state index in [2.05, 4.69) is 10.1 Å². The molecule has 0 bridgehead atoms. The summed E-state index contributed by atoms with van der Waals surface area (Å²) in [6.07, 6.45) is 0.640. The summed E-state index contributed by atoms with van der Waals surface area (Å²) in [5, 5.41) is 4.07.